The van der Waals surface area contributed by atoms with Crippen LogP contribution in [0, 0.1) is 0 Å². The lowest BCUT2D eigenvalue weighted by atomic mass is 10.0. The molecule has 0 atom stereocenters. The first-order valence-electron chi connectivity index (χ1n) is 18.6. The molecule has 0 spiro atoms. The molecule has 332 valence electrons. The van der Waals surface area contributed by atoms with Gasteiger partial charge < -0.3 is 10.9 Å². The Morgan fingerprint density at radius 2 is 1.12 bits per heavy atom. The number of thiophene rings is 2. The van der Waals surface area contributed by atoms with Crippen molar-refractivity contribution in [2.45, 2.75) is 33.6 Å². The molecule has 2 aliphatic heterocycles. The minimum Gasteiger partial charge on any atom is -0.409 e. The number of oxime groups is 1. The minimum atomic E-state index is -4.41. The molecule has 23 heteroatoms. The highest BCUT2D eigenvalue weighted by Gasteiger charge is 2.35. The number of fused-ring (bicyclic) bond motifs is 2. The average Bonchev–Trinajstić information content (AvgIpc) is 4.12. The van der Waals surface area contributed by atoms with E-state index in [9.17, 15) is 48.0 Å². The smallest absolute Gasteiger partial charge is 0.409 e. The van der Waals surface area contributed by atoms with Crippen molar-refractivity contribution in [2.75, 3.05) is 21.7 Å². The maximum absolute atomic E-state index is 13.2. The number of hydrogen-bond acceptors (Lipinski definition) is 11. The van der Waals surface area contributed by atoms with Gasteiger partial charge in [-0.25, -0.2) is 21.6 Å². The first kappa shape index (κ1) is 44.2. The number of anilines is 2. The summed E-state index contributed by atoms with van der Waals surface area (Å²) in [5.74, 6) is -0.760. The first-order valence-corrected chi connectivity index (χ1v) is 23.2. The summed E-state index contributed by atoms with van der Waals surface area (Å²) in [5.41, 5.74) is 9.32. The molecule has 0 amide bonds. The van der Waals surface area contributed by atoms with Gasteiger partial charge in [-0.2, -0.15) is 26.3 Å². The van der Waals surface area contributed by atoms with Gasteiger partial charge in [0.2, 0.25) is 0 Å². The molecule has 5 heterocycles. The summed E-state index contributed by atoms with van der Waals surface area (Å²) >= 11 is 1.86. The van der Waals surface area contributed by atoms with Gasteiger partial charge in [0.1, 0.15) is 8.42 Å². The van der Waals surface area contributed by atoms with Crippen LogP contribution in [0.25, 0.3) is 33.0 Å². The summed E-state index contributed by atoms with van der Waals surface area (Å²) < 4.78 is 137. The number of amidine groups is 1. The molecule has 64 heavy (non-hydrogen) atoms. The van der Waals surface area contributed by atoms with Crippen LogP contribution >= 0.6 is 22.7 Å². The SMILES string of the molecule is NC(=NO)c1ccc(S(=O)(=O)N2CCc3cc(-c4ccc(C(F)(F)F)cc4)ccc32)s1.O=c1[nH]c(-c2ccc(S(=O)(=O)N3CCc4cc(-c5ccc(C(F)(F)F)cc5)ccc43)s2)no1. The van der Waals surface area contributed by atoms with Crippen molar-refractivity contribution in [1.82, 2.24) is 10.1 Å². The Morgan fingerprint density at radius 1 is 0.672 bits per heavy atom. The fourth-order valence-corrected chi connectivity index (χ4v) is 12.8. The standard InChI is InChI=1S/C21H14F3N3O4S2.C20H16F3N3O3S2/c22-21(23,24)15-4-1-12(2-5-15)13-3-6-16-14(11-13)9-10-27(16)33(29,30)18-8-7-17(32-18)19-25-20(28)31-26-19;21-20(22,23)15-4-1-12(2-5-15)13-3-6-16-14(11-13)9-10-26(16)31(28,29)18-8-7-17(30-18)19(24)25-27/h1-8,11H,9-10H2,(H,25,26,28);1-8,11,27H,9-10H2,(H2,24,25). The predicted octanol–water partition coefficient (Wildman–Crippen LogP) is 8.81. The zero-order valence-electron chi connectivity index (χ0n) is 32.4. The van der Waals surface area contributed by atoms with E-state index in [0.717, 1.165) is 58.1 Å². The van der Waals surface area contributed by atoms with E-state index in [-0.39, 0.29) is 33.2 Å². The maximum atomic E-state index is 13.2. The summed E-state index contributed by atoms with van der Waals surface area (Å²) in [6, 6.07) is 25.8. The topological polar surface area (TPSA) is 192 Å². The van der Waals surface area contributed by atoms with E-state index in [2.05, 4.69) is 19.8 Å². The van der Waals surface area contributed by atoms with Gasteiger partial charge in [-0.15, -0.1) is 22.7 Å². The van der Waals surface area contributed by atoms with E-state index in [1.54, 1.807) is 36.4 Å². The molecular formula is C41H30F6N6O7S4. The second-order valence-corrected chi connectivity index (χ2v) is 20.5. The Bertz CT molecular complexity index is 3200. The molecular weight excluding hydrogens is 931 g/mol. The second kappa shape index (κ2) is 16.6. The number of nitrogens with zero attached hydrogens (tertiary/aromatic N) is 4. The lowest BCUT2D eigenvalue weighted by molar-refractivity contribution is -0.138. The predicted molar refractivity (Wildman–Crippen MR) is 227 cm³/mol. The van der Waals surface area contributed by atoms with E-state index in [4.69, 9.17) is 10.9 Å². The molecule has 2 aliphatic rings. The van der Waals surface area contributed by atoms with Gasteiger partial charge in [0.15, 0.2) is 11.7 Å². The van der Waals surface area contributed by atoms with Crippen LogP contribution < -0.4 is 20.1 Å². The summed E-state index contributed by atoms with van der Waals surface area (Å²) in [6.45, 7) is 0.479. The van der Waals surface area contributed by atoms with Crippen LogP contribution in [-0.2, 0) is 45.2 Å². The average molecular weight is 961 g/mol. The Balaban J connectivity index is 0.000000175. The first-order chi connectivity index (χ1) is 30.2. The fraction of sp³-hybridized carbons (Fsp3) is 0.146. The Labute approximate surface area is 367 Å². The lowest BCUT2D eigenvalue weighted by Gasteiger charge is -2.18. The molecule has 0 saturated heterocycles. The Hall–Kier alpha value is -6.43. The molecule has 0 saturated carbocycles. The number of aromatic amines is 1. The molecule has 4 N–H and O–H groups in total. The molecule has 9 rings (SSSR count). The highest BCUT2D eigenvalue weighted by molar-refractivity contribution is 7.95. The molecule has 0 aliphatic carbocycles. The highest BCUT2D eigenvalue weighted by Crippen LogP contribution is 2.41. The van der Waals surface area contributed by atoms with E-state index in [1.165, 1.54) is 57.1 Å². The fourth-order valence-electron chi connectivity index (χ4n) is 7.09. The normalized spacial score (nSPS) is 14.3. The van der Waals surface area contributed by atoms with Crippen molar-refractivity contribution in [3.63, 3.8) is 0 Å². The van der Waals surface area contributed by atoms with Gasteiger partial charge in [-0.3, -0.25) is 18.1 Å². The van der Waals surface area contributed by atoms with Gasteiger partial charge in [0.25, 0.3) is 20.0 Å². The van der Waals surface area contributed by atoms with Gasteiger partial charge >= 0.3 is 18.1 Å². The van der Waals surface area contributed by atoms with Crippen LogP contribution in [0.4, 0.5) is 37.7 Å². The third-order valence-corrected chi connectivity index (χ3v) is 17.0. The van der Waals surface area contributed by atoms with Crippen molar-refractivity contribution >= 4 is 59.9 Å². The highest BCUT2D eigenvalue weighted by atomic mass is 32.3. The van der Waals surface area contributed by atoms with Gasteiger partial charge in [0.05, 0.1) is 32.3 Å². The molecule has 0 unspecified atom stereocenters. The van der Waals surface area contributed by atoms with Crippen molar-refractivity contribution in [3.05, 3.63) is 147 Å². The van der Waals surface area contributed by atoms with Crippen LogP contribution in [0.15, 0.2) is 132 Å². The molecule has 3 aromatic heterocycles. The van der Waals surface area contributed by atoms with Gasteiger partial charge in [0, 0.05) is 13.1 Å². The zero-order chi connectivity index (χ0) is 45.8. The summed E-state index contributed by atoms with van der Waals surface area (Å²) in [7, 11) is -7.69. The molecule has 0 bridgehead atoms. The molecule has 13 nitrogen and oxygen atoms in total. The van der Waals surface area contributed by atoms with E-state index in [0.29, 0.717) is 56.2 Å². The van der Waals surface area contributed by atoms with Crippen molar-refractivity contribution in [1.29, 1.82) is 0 Å². The van der Waals surface area contributed by atoms with Gasteiger partial charge in [-0.05, 0) is 119 Å². The monoisotopic (exact) mass is 960 g/mol. The summed E-state index contributed by atoms with van der Waals surface area (Å²) in [6.07, 6.45) is -7.87. The zero-order valence-corrected chi connectivity index (χ0v) is 35.7. The van der Waals surface area contributed by atoms with Crippen LogP contribution in [0.1, 0.15) is 27.1 Å². The van der Waals surface area contributed by atoms with Crippen molar-refractivity contribution in [2.24, 2.45) is 10.9 Å². The van der Waals surface area contributed by atoms with Crippen LogP contribution in [0.5, 0.6) is 0 Å². The lowest BCUT2D eigenvalue weighted by Crippen LogP contribution is -2.28. The number of benzene rings is 4. The van der Waals surface area contributed by atoms with E-state index < -0.39 is 49.3 Å². The molecule has 0 radical (unpaired) electrons. The quantitative estimate of drug-likeness (QED) is 0.0439. The molecule has 0 fully saturated rings. The Kier molecular flexibility index (Phi) is 11.5. The summed E-state index contributed by atoms with van der Waals surface area (Å²) in [4.78, 5) is 14.3. The van der Waals surface area contributed by atoms with Crippen molar-refractivity contribution < 1.29 is 52.9 Å². The number of nitrogens with two attached hydrogens (primary N) is 1. The second-order valence-electron chi connectivity index (χ2n) is 14.2. The maximum Gasteiger partial charge on any atom is 0.439 e. The third-order valence-electron chi connectivity index (χ3n) is 10.2. The van der Waals surface area contributed by atoms with E-state index >= 15 is 0 Å². The number of sulfonamides is 2. The van der Waals surface area contributed by atoms with Crippen LogP contribution in [-0.4, -0.2) is 51.1 Å². The van der Waals surface area contributed by atoms with E-state index in [1.807, 2.05) is 0 Å². The van der Waals surface area contributed by atoms with Gasteiger partial charge in [-0.1, -0.05) is 46.7 Å². The largest absolute Gasteiger partial charge is 0.439 e. The summed E-state index contributed by atoms with van der Waals surface area (Å²) in [5, 5.41) is 15.2. The number of aromatic nitrogens is 2. The Morgan fingerprint density at radius 3 is 1.56 bits per heavy atom. The number of hydrogen-bond donors (Lipinski definition) is 3. The minimum absolute atomic E-state index is 0.0637. The molecule has 4 aromatic carbocycles. The third kappa shape index (κ3) is 8.62. The van der Waals surface area contributed by atoms with Crippen molar-refractivity contribution in [3.8, 4) is 33.0 Å². The number of H-pyrrole nitrogens is 1. The number of rotatable bonds is 8. The molecule has 7 aromatic rings. The number of halogens is 6. The van der Waals surface area contributed by atoms with Crippen LogP contribution in [0.2, 0.25) is 0 Å². The number of nitrogens with one attached hydrogen (secondary N) is 1. The number of alkyl halides is 6. The van der Waals surface area contributed by atoms with Crippen LogP contribution in [0.3, 0.4) is 0 Å².